The second-order valence-electron chi connectivity index (χ2n) is 4.33. The van der Waals surface area contributed by atoms with Crippen molar-refractivity contribution in [3.8, 4) is 5.75 Å². The van der Waals surface area contributed by atoms with Crippen molar-refractivity contribution in [2.45, 2.75) is 20.1 Å². The summed E-state index contributed by atoms with van der Waals surface area (Å²) in [5, 5.41) is 0. The number of benzene rings is 2. The Hall–Kier alpha value is -1.94. The topological polar surface area (TPSA) is 35.2 Å². The van der Waals surface area contributed by atoms with Crippen LogP contribution in [0.3, 0.4) is 0 Å². The molecule has 100 valence electrons. The van der Waals surface area contributed by atoms with Crippen LogP contribution in [0.1, 0.15) is 16.7 Å². The van der Waals surface area contributed by atoms with Crippen LogP contribution in [-0.2, 0) is 13.2 Å². The van der Waals surface area contributed by atoms with E-state index < -0.39 is 11.6 Å². The molecule has 2 nitrogen and oxygen atoms in total. The van der Waals surface area contributed by atoms with Crippen molar-refractivity contribution in [1.82, 2.24) is 0 Å². The van der Waals surface area contributed by atoms with E-state index in [1.165, 1.54) is 12.1 Å². The molecule has 2 N–H and O–H groups in total. The lowest BCUT2D eigenvalue weighted by Gasteiger charge is -2.11. The van der Waals surface area contributed by atoms with Crippen molar-refractivity contribution in [2.75, 3.05) is 0 Å². The number of nitrogens with two attached hydrogens (primary N) is 1. The van der Waals surface area contributed by atoms with Gasteiger partial charge in [0.2, 0.25) is 0 Å². The second kappa shape index (κ2) is 5.80. The highest BCUT2D eigenvalue weighted by atomic mass is 19.1. The van der Waals surface area contributed by atoms with Crippen molar-refractivity contribution >= 4 is 0 Å². The highest BCUT2D eigenvalue weighted by Crippen LogP contribution is 2.21. The minimum atomic E-state index is -0.604. The van der Waals surface area contributed by atoms with Crippen LogP contribution in [0.25, 0.3) is 0 Å². The summed E-state index contributed by atoms with van der Waals surface area (Å²) in [5.74, 6) is -0.540. The number of aryl methyl sites for hydroxylation is 1. The molecule has 0 aromatic heterocycles. The first-order valence-corrected chi connectivity index (χ1v) is 5.96. The predicted molar refractivity (Wildman–Crippen MR) is 69.8 cm³/mol. The van der Waals surface area contributed by atoms with Crippen molar-refractivity contribution in [2.24, 2.45) is 5.73 Å². The Kier molecular flexibility index (Phi) is 4.12. The molecule has 0 radical (unpaired) electrons. The van der Waals surface area contributed by atoms with Crippen LogP contribution in [0.2, 0.25) is 0 Å². The molecule has 0 aliphatic rings. The molecule has 4 heteroatoms. The fourth-order valence-corrected chi connectivity index (χ4v) is 1.72. The molecule has 2 aromatic carbocycles. The summed E-state index contributed by atoms with van der Waals surface area (Å²) >= 11 is 0. The summed E-state index contributed by atoms with van der Waals surface area (Å²) < 4.78 is 31.8. The van der Waals surface area contributed by atoms with Crippen LogP contribution in [0.4, 0.5) is 8.78 Å². The molecular formula is C15H15F2NO. The van der Waals surface area contributed by atoms with Gasteiger partial charge in [-0.25, -0.2) is 8.78 Å². The van der Waals surface area contributed by atoms with Gasteiger partial charge >= 0.3 is 0 Å². The van der Waals surface area contributed by atoms with Gasteiger partial charge in [0.05, 0.1) is 0 Å². The van der Waals surface area contributed by atoms with Crippen LogP contribution in [-0.4, -0.2) is 0 Å². The number of halogens is 2. The highest BCUT2D eigenvalue weighted by molar-refractivity contribution is 5.36. The van der Waals surface area contributed by atoms with Crippen molar-refractivity contribution in [1.29, 1.82) is 0 Å². The number of rotatable bonds is 4. The Bertz CT molecular complexity index is 584. The van der Waals surface area contributed by atoms with Crippen LogP contribution < -0.4 is 10.5 Å². The van der Waals surface area contributed by atoms with Gasteiger partial charge < -0.3 is 10.5 Å². The van der Waals surface area contributed by atoms with E-state index in [1.807, 2.05) is 25.1 Å². The Morgan fingerprint density at radius 1 is 1.11 bits per heavy atom. The summed E-state index contributed by atoms with van der Waals surface area (Å²) in [6.07, 6.45) is 0. The van der Waals surface area contributed by atoms with Gasteiger partial charge in [-0.2, -0.15) is 0 Å². The van der Waals surface area contributed by atoms with Crippen LogP contribution in [0, 0.1) is 18.6 Å². The van der Waals surface area contributed by atoms with E-state index in [0.29, 0.717) is 17.9 Å². The largest absolute Gasteiger partial charge is 0.489 e. The molecule has 0 bridgehead atoms. The summed E-state index contributed by atoms with van der Waals surface area (Å²) in [6, 6.07) is 9.09. The second-order valence-corrected chi connectivity index (χ2v) is 4.33. The quantitative estimate of drug-likeness (QED) is 0.918. The van der Waals surface area contributed by atoms with E-state index in [9.17, 15) is 8.78 Å². The van der Waals surface area contributed by atoms with E-state index in [2.05, 4.69) is 0 Å². The number of hydrogen-bond donors (Lipinski definition) is 1. The third kappa shape index (κ3) is 3.29. The number of ether oxygens (including phenoxy) is 1. The Balaban J connectivity index is 2.14. The zero-order valence-corrected chi connectivity index (χ0v) is 10.6. The summed E-state index contributed by atoms with van der Waals surface area (Å²) in [7, 11) is 0. The molecule has 2 aromatic rings. The molecule has 0 saturated heterocycles. The van der Waals surface area contributed by atoms with Crippen molar-refractivity contribution < 1.29 is 13.5 Å². The van der Waals surface area contributed by atoms with E-state index in [1.54, 1.807) is 0 Å². The van der Waals surface area contributed by atoms with Gasteiger partial charge in [0.15, 0.2) is 0 Å². The van der Waals surface area contributed by atoms with Gasteiger partial charge in [-0.1, -0.05) is 12.1 Å². The molecule has 0 unspecified atom stereocenters. The number of hydrogen-bond acceptors (Lipinski definition) is 2. The summed E-state index contributed by atoms with van der Waals surface area (Å²) in [6.45, 7) is 2.37. The maximum atomic E-state index is 13.5. The lowest BCUT2D eigenvalue weighted by atomic mass is 10.1. The van der Waals surface area contributed by atoms with Crippen molar-refractivity contribution in [3.63, 3.8) is 0 Å². The van der Waals surface area contributed by atoms with Crippen LogP contribution in [0.15, 0.2) is 36.4 Å². The normalized spacial score (nSPS) is 10.5. The van der Waals surface area contributed by atoms with E-state index >= 15 is 0 Å². The first-order valence-electron chi connectivity index (χ1n) is 5.96. The van der Waals surface area contributed by atoms with Gasteiger partial charge in [0.1, 0.15) is 24.0 Å². The van der Waals surface area contributed by atoms with Gasteiger partial charge in [-0.15, -0.1) is 0 Å². The third-order valence-electron chi connectivity index (χ3n) is 2.89. The molecule has 19 heavy (non-hydrogen) atoms. The van der Waals surface area contributed by atoms with E-state index in [-0.39, 0.29) is 6.61 Å². The third-order valence-corrected chi connectivity index (χ3v) is 2.89. The maximum Gasteiger partial charge on any atom is 0.132 e. The molecule has 0 spiro atoms. The molecule has 0 aliphatic carbocycles. The van der Waals surface area contributed by atoms with E-state index in [0.717, 1.165) is 17.2 Å². The van der Waals surface area contributed by atoms with Gasteiger partial charge in [0.25, 0.3) is 0 Å². The average Bonchev–Trinajstić information content (AvgIpc) is 2.39. The van der Waals surface area contributed by atoms with Crippen LogP contribution in [0.5, 0.6) is 5.75 Å². The maximum absolute atomic E-state index is 13.5. The average molecular weight is 263 g/mol. The van der Waals surface area contributed by atoms with Crippen molar-refractivity contribution in [3.05, 3.63) is 64.7 Å². The monoisotopic (exact) mass is 263 g/mol. The smallest absolute Gasteiger partial charge is 0.132 e. The minimum absolute atomic E-state index is 0.0565. The Morgan fingerprint density at radius 2 is 1.89 bits per heavy atom. The zero-order valence-electron chi connectivity index (χ0n) is 10.6. The first kappa shape index (κ1) is 13.5. The summed E-state index contributed by atoms with van der Waals surface area (Å²) in [4.78, 5) is 0. The summed E-state index contributed by atoms with van der Waals surface area (Å²) in [5.41, 5.74) is 7.77. The Labute approximate surface area is 110 Å². The molecule has 2 rings (SSSR count). The standard InChI is InChI=1S/C15H15F2NO/c1-10-2-3-11(8-18)6-15(10)19-9-12-4-5-13(16)7-14(12)17/h2-7H,8-9,18H2,1H3. The SMILES string of the molecule is Cc1ccc(CN)cc1OCc1ccc(F)cc1F. The predicted octanol–water partition coefficient (Wildman–Crippen LogP) is 3.31. The molecule has 0 heterocycles. The molecule has 0 atom stereocenters. The highest BCUT2D eigenvalue weighted by Gasteiger charge is 2.06. The fourth-order valence-electron chi connectivity index (χ4n) is 1.72. The Morgan fingerprint density at radius 3 is 2.58 bits per heavy atom. The zero-order chi connectivity index (χ0) is 13.8. The van der Waals surface area contributed by atoms with Crippen LogP contribution >= 0.6 is 0 Å². The lowest BCUT2D eigenvalue weighted by Crippen LogP contribution is -2.02. The van der Waals surface area contributed by atoms with Gasteiger partial charge in [0, 0.05) is 18.2 Å². The molecule has 0 fully saturated rings. The minimum Gasteiger partial charge on any atom is -0.489 e. The van der Waals surface area contributed by atoms with Gasteiger partial charge in [-0.3, -0.25) is 0 Å². The molecule has 0 aliphatic heterocycles. The fraction of sp³-hybridized carbons (Fsp3) is 0.200. The lowest BCUT2D eigenvalue weighted by molar-refractivity contribution is 0.297. The molecule has 0 amide bonds. The van der Waals surface area contributed by atoms with E-state index in [4.69, 9.17) is 10.5 Å². The first-order chi connectivity index (χ1) is 9.10. The molecular weight excluding hydrogens is 248 g/mol. The van der Waals surface area contributed by atoms with Gasteiger partial charge in [-0.05, 0) is 36.2 Å². The molecule has 0 saturated carbocycles.